The molecule has 106 valence electrons. The first-order chi connectivity index (χ1) is 9.13. The lowest BCUT2D eigenvalue weighted by Crippen LogP contribution is -2.39. The van der Waals surface area contributed by atoms with Crippen LogP contribution in [0.1, 0.15) is 49.3 Å². The molecule has 1 aromatic carbocycles. The van der Waals surface area contributed by atoms with Crippen molar-refractivity contribution in [3.8, 4) is 0 Å². The minimum Gasteiger partial charge on any atom is -0.329 e. The minimum atomic E-state index is -0.139. The van der Waals surface area contributed by atoms with Gasteiger partial charge < -0.3 is 5.73 Å². The summed E-state index contributed by atoms with van der Waals surface area (Å²) >= 11 is 0. The third-order valence-electron chi connectivity index (χ3n) is 4.43. The van der Waals surface area contributed by atoms with Crippen LogP contribution in [0.5, 0.6) is 0 Å². The second kappa shape index (κ2) is 6.49. The monoisotopic (exact) mass is 264 g/mol. The van der Waals surface area contributed by atoms with Crippen molar-refractivity contribution in [2.24, 2.45) is 5.73 Å². The lowest BCUT2D eigenvalue weighted by atomic mass is 9.92. The Hall–Kier alpha value is -0.930. The van der Waals surface area contributed by atoms with E-state index in [2.05, 4.69) is 11.9 Å². The minimum absolute atomic E-state index is 0.139. The van der Waals surface area contributed by atoms with Gasteiger partial charge in [0, 0.05) is 18.6 Å². The largest absolute Gasteiger partial charge is 0.329 e. The fourth-order valence-electron chi connectivity index (χ4n) is 3.16. The van der Waals surface area contributed by atoms with Crippen LogP contribution in [0.15, 0.2) is 18.2 Å². The first-order valence-corrected chi connectivity index (χ1v) is 7.31. The van der Waals surface area contributed by atoms with Crippen molar-refractivity contribution in [3.63, 3.8) is 0 Å². The fraction of sp³-hybridized carbons (Fsp3) is 0.625. The highest BCUT2D eigenvalue weighted by Gasteiger charge is 2.25. The zero-order valence-corrected chi connectivity index (χ0v) is 12.0. The maximum Gasteiger partial charge on any atom is 0.126 e. The predicted octanol–water partition coefficient (Wildman–Crippen LogP) is 3.40. The highest BCUT2D eigenvalue weighted by molar-refractivity contribution is 5.27. The van der Waals surface area contributed by atoms with Gasteiger partial charge in [-0.05, 0) is 44.0 Å². The van der Waals surface area contributed by atoms with Crippen LogP contribution >= 0.6 is 0 Å². The van der Waals surface area contributed by atoms with Crippen LogP contribution < -0.4 is 5.73 Å². The highest BCUT2D eigenvalue weighted by atomic mass is 19.1. The van der Waals surface area contributed by atoms with Crippen LogP contribution in [0.2, 0.25) is 0 Å². The normalized spacial score (nSPS) is 18.8. The van der Waals surface area contributed by atoms with Crippen LogP contribution in [-0.2, 0) is 0 Å². The van der Waals surface area contributed by atoms with Crippen LogP contribution in [0, 0.1) is 12.7 Å². The molecule has 0 aliphatic heterocycles. The molecule has 3 heteroatoms. The van der Waals surface area contributed by atoms with Gasteiger partial charge in [-0.15, -0.1) is 0 Å². The standard InChI is InChI=1S/C16H25FN2/c1-12-10-13(8-9-15(12)17)16(11-18)19(2)14-6-4-3-5-7-14/h8-10,14,16H,3-7,11,18H2,1-2H3. The predicted molar refractivity (Wildman–Crippen MR) is 77.6 cm³/mol. The molecule has 2 rings (SSSR count). The van der Waals surface area contributed by atoms with E-state index in [1.54, 1.807) is 6.07 Å². The number of benzene rings is 1. The lowest BCUT2D eigenvalue weighted by molar-refractivity contribution is 0.140. The number of nitrogens with two attached hydrogens (primary N) is 1. The summed E-state index contributed by atoms with van der Waals surface area (Å²) in [5.74, 6) is -0.139. The molecule has 0 spiro atoms. The Morgan fingerprint density at radius 1 is 1.32 bits per heavy atom. The van der Waals surface area contributed by atoms with Gasteiger partial charge in [-0.1, -0.05) is 31.4 Å². The summed E-state index contributed by atoms with van der Waals surface area (Å²) in [6, 6.07) is 6.18. The van der Waals surface area contributed by atoms with Crippen LogP contribution in [0.3, 0.4) is 0 Å². The van der Waals surface area contributed by atoms with E-state index in [9.17, 15) is 4.39 Å². The molecule has 19 heavy (non-hydrogen) atoms. The number of nitrogens with zero attached hydrogens (tertiary/aromatic N) is 1. The van der Waals surface area contributed by atoms with Crippen molar-refractivity contribution in [2.45, 2.75) is 51.1 Å². The van der Waals surface area contributed by atoms with E-state index in [4.69, 9.17) is 5.73 Å². The highest BCUT2D eigenvalue weighted by Crippen LogP contribution is 2.29. The van der Waals surface area contributed by atoms with Crippen molar-refractivity contribution < 1.29 is 4.39 Å². The van der Waals surface area contributed by atoms with E-state index < -0.39 is 0 Å². The molecule has 0 saturated heterocycles. The molecule has 1 aliphatic rings. The maximum atomic E-state index is 13.4. The summed E-state index contributed by atoms with van der Waals surface area (Å²) < 4.78 is 13.4. The second-order valence-corrected chi connectivity index (χ2v) is 5.72. The van der Waals surface area contributed by atoms with Crippen molar-refractivity contribution in [2.75, 3.05) is 13.6 Å². The summed E-state index contributed by atoms with van der Waals surface area (Å²) in [6.45, 7) is 2.39. The van der Waals surface area contributed by atoms with Gasteiger partial charge in [-0.3, -0.25) is 4.90 Å². The molecule has 0 amide bonds. The quantitative estimate of drug-likeness (QED) is 0.903. The molecule has 1 aromatic rings. The molecule has 0 heterocycles. The molecular weight excluding hydrogens is 239 g/mol. The summed E-state index contributed by atoms with van der Waals surface area (Å²) in [5, 5.41) is 0. The zero-order chi connectivity index (χ0) is 13.8. The van der Waals surface area contributed by atoms with Gasteiger partial charge in [0.1, 0.15) is 5.82 Å². The summed E-state index contributed by atoms with van der Waals surface area (Å²) in [6.07, 6.45) is 6.50. The number of likely N-dealkylation sites (N-methyl/N-ethyl adjacent to an activating group) is 1. The molecule has 1 unspecified atom stereocenters. The fourth-order valence-corrected chi connectivity index (χ4v) is 3.16. The van der Waals surface area contributed by atoms with Crippen molar-refractivity contribution in [1.29, 1.82) is 0 Å². The Balaban J connectivity index is 2.15. The van der Waals surface area contributed by atoms with Crippen molar-refractivity contribution >= 4 is 0 Å². The Morgan fingerprint density at radius 3 is 2.58 bits per heavy atom. The van der Waals surface area contributed by atoms with E-state index in [0.717, 1.165) is 5.56 Å². The smallest absolute Gasteiger partial charge is 0.126 e. The SMILES string of the molecule is Cc1cc(C(CN)N(C)C2CCCCC2)ccc1F. The summed E-state index contributed by atoms with van der Waals surface area (Å²) in [5.41, 5.74) is 7.80. The molecule has 1 aliphatic carbocycles. The topological polar surface area (TPSA) is 29.3 Å². The van der Waals surface area contributed by atoms with Gasteiger partial charge in [0.2, 0.25) is 0 Å². The van der Waals surface area contributed by atoms with E-state index in [1.165, 1.54) is 32.1 Å². The summed E-state index contributed by atoms with van der Waals surface area (Å²) in [7, 11) is 2.16. The Bertz CT molecular complexity index is 413. The van der Waals surface area contributed by atoms with Gasteiger partial charge in [0.25, 0.3) is 0 Å². The number of hydrogen-bond donors (Lipinski definition) is 1. The van der Waals surface area contributed by atoms with Gasteiger partial charge in [-0.25, -0.2) is 4.39 Å². The van der Waals surface area contributed by atoms with Gasteiger partial charge in [0.15, 0.2) is 0 Å². The number of rotatable bonds is 4. The van der Waals surface area contributed by atoms with Crippen LogP contribution in [0.4, 0.5) is 4.39 Å². The molecule has 0 aromatic heterocycles. The Kier molecular flexibility index (Phi) is 4.94. The Labute approximate surface area is 115 Å². The maximum absolute atomic E-state index is 13.4. The van der Waals surface area contributed by atoms with Gasteiger partial charge in [-0.2, -0.15) is 0 Å². The molecular formula is C16H25FN2. The van der Waals surface area contributed by atoms with Crippen LogP contribution in [-0.4, -0.2) is 24.5 Å². The number of hydrogen-bond acceptors (Lipinski definition) is 2. The third-order valence-corrected chi connectivity index (χ3v) is 4.43. The average Bonchev–Trinajstić information content (AvgIpc) is 2.44. The molecule has 1 fully saturated rings. The molecule has 1 saturated carbocycles. The van der Waals surface area contributed by atoms with E-state index >= 15 is 0 Å². The first kappa shape index (κ1) is 14.5. The van der Waals surface area contributed by atoms with Crippen molar-refractivity contribution in [3.05, 3.63) is 35.1 Å². The molecule has 2 N–H and O–H groups in total. The second-order valence-electron chi connectivity index (χ2n) is 5.72. The molecule has 0 bridgehead atoms. The third kappa shape index (κ3) is 3.34. The van der Waals surface area contributed by atoms with E-state index in [1.807, 2.05) is 19.1 Å². The van der Waals surface area contributed by atoms with Gasteiger partial charge in [0.05, 0.1) is 0 Å². The van der Waals surface area contributed by atoms with E-state index in [-0.39, 0.29) is 11.9 Å². The molecule has 2 nitrogen and oxygen atoms in total. The van der Waals surface area contributed by atoms with E-state index in [0.29, 0.717) is 18.2 Å². The zero-order valence-electron chi connectivity index (χ0n) is 12.0. The average molecular weight is 264 g/mol. The number of aryl methyl sites for hydroxylation is 1. The Morgan fingerprint density at radius 2 is 2.00 bits per heavy atom. The first-order valence-electron chi connectivity index (χ1n) is 7.31. The van der Waals surface area contributed by atoms with Gasteiger partial charge >= 0.3 is 0 Å². The number of halogens is 1. The molecule has 1 atom stereocenters. The molecule has 0 radical (unpaired) electrons. The summed E-state index contributed by atoms with van der Waals surface area (Å²) in [4.78, 5) is 2.39. The van der Waals surface area contributed by atoms with Crippen molar-refractivity contribution in [1.82, 2.24) is 4.90 Å². The lowest BCUT2D eigenvalue weighted by Gasteiger charge is -2.37. The van der Waals surface area contributed by atoms with Crippen LogP contribution in [0.25, 0.3) is 0 Å².